The number of hydrogen-bond acceptors (Lipinski definition) is 2. The van der Waals surface area contributed by atoms with Crippen molar-refractivity contribution in [1.82, 2.24) is 5.32 Å². The molecular formula is C9H14N2O. The Kier molecular flexibility index (Phi) is 3.09. The molecule has 1 fully saturated rings. The predicted molar refractivity (Wildman–Crippen MR) is 45.1 cm³/mol. The van der Waals surface area contributed by atoms with Crippen LogP contribution in [0.2, 0.25) is 0 Å². The first-order chi connectivity index (χ1) is 5.74. The molecule has 0 aliphatic heterocycles. The molecule has 0 aromatic heterocycles. The van der Waals surface area contributed by atoms with E-state index >= 15 is 0 Å². The second-order valence-corrected chi connectivity index (χ2v) is 3.45. The van der Waals surface area contributed by atoms with Crippen LogP contribution in [-0.2, 0) is 4.79 Å². The molecule has 0 saturated heterocycles. The van der Waals surface area contributed by atoms with Crippen LogP contribution in [-0.4, -0.2) is 12.5 Å². The Hall–Kier alpha value is -1.04. The molecule has 3 heteroatoms. The van der Waals surface area contributed by atoms with Crippen molar-refractivity contribution in [3.05, 3.63) is 0 Å². The average Bonchev–Trinajstić information content (AvgIpc) is 2.83. The molecular weight excluding hydrogens is 152 g/mol. The Morgan fingerprint density at radius 2 is 2.42 bits per heavy atom. The smallest absolute Gasteiger partial charge is 0.234 e. The summed E-state index contributed by atoms with van der Waals surface area (Å²) in [6, 6.07) is 1.82. The monoisotopic (exact) mass is 166 g/mol. The van der Waals surface area contributed by atoms with Crippen LogP contribution in [0.4, 0.5) is 0 Å². The molecule has 1 rings (SSSR count). The second kappa shape index (κ2) is 4.10. The molecule has 1 N–H and O–H groups in total. The first-order valence-electron chi connectivity index (χ1n) is 4.37. The summed E-state index contributed by atoms with van der Waals surface area (Å²) >= 11 is 0. The van der Waals surface area contributed by atoms with Crippen LogP contribution in [0.3, 0.4) is 0 Å². The van der Waals surface area contributed by atoms with Gasteiger partial charge < -0.3 is 5.32 Å². The van der Waals surface area contributed by atoms with Crippen LogP contribution in [0.5, 0.6) is 0 Å². The van der Waals surface area contributed by atoms with Crippen molar-refractivity contribution >= 4 is 5.91 Å². The van der Waals surface area contributed by atoms with Crippen LogP contribution in [0.25, 0.3) is 0 Å². The summed E-state index contributed by atoms with van der Waals surface area (Å²) in [5, 5.41) is 11.0. The van der Waals surface area contributed by atoms with E-state index in [1.807, 2.05) is 6.07 Å². The molecule has 1 aliphatic rings. The van der Waals surface area contributed by atoms with Gasteiger partial charge in [0, 0.05) is 6.54 Å². The molecule has 1 amide bonds. The van der Waals surface area contributed by atoms with Crippen molar-refractivity contribution in [1.29, 1.82) is 5.26 Å². The molecule has 3 nitrogen and oxygen atoms in total. The van der Waals surface area contributed by atoms with E-state index in [9.17, 15) is 4.79 Å². The summed E-state index contributed by atoms with van der Waals surface area (Å²) in [4.78, 5) is 10.9. The SMILES string of the molecule is CC(CNC(=O)CC#N)C1CC1. The standard InChI is InChI=1S/C9H14N2O/c1-7(8-2-3-8)6-11-9(12)4-5-10/h7-8H,2-4,6H2,1H3,(H,11,12). The minimum absolute atomic E-state index is 0.0165. The lowest BCUT2D eigenvalue weighted by Gasteiger charge is -2.09. The first-order valence-corrected chi connectivity index (χ1v) is 4.37. The lowest BCUT2D eigenvalue weighted by atomic mass is 10.1. The topological polar surface area (TPSA) is 52.9 Å². The maximum Gasteiger partial charge on any atom is 0.234 e. The highest BCUT2D eigenvalue weighted by atomic mass is 16.1. The summed E-state index contributed by atoms with van der Waals surface area (Å²) in [6.07, 6.45) is 2.59. The van der Waals surface area contributed by atoms with Gasteiger partial charge in [-0.2, -0.15) is 5.26 Å². The van der Waals surface area contributed by atoms with Gasteiger partial charge in [0.1, 0.15) is 6.42 Å². The van der Waals surface area contributed by atoms with Gasteiger partial charge in [-0.1, -0.05) is 6.92 Å². The van der Waals surface area contributed by atoms with Crippen LogP contribution >= 0.6 is 0 Å². The van der Waals surface area contributed by atoms with E-state index < -0.39 is 0 Å². The van der Waals surface area contributed by atoms with Gasteiger partial charge in [0.15, 0.2) is 0 Å². The van der Waals surface area contributed by atoms with Gasteiger partial charge in [-0.25, -0.2) is 0 Å². The molecule has 1 unspecified atom stereocenters. The molecule has 12 heavy (non-hydrogen) atoms. The highest BCUT2D eigenvalue weighted by Gasteiger charge is 2.27. The Morgan fingerprint density at radius 3 is 2.92 bits per heavy atom. The summed E-state index contributed by atoms with van der Waals surface area (Å²) in [6.45, 7) is 2.87. The Morgan fingerprint density at radius 1 is 1.75 bits per heavy atom. The van der Waals surface area contributed by atoms with Gasteiger partial charge in [-0.15, -0.1) is 0 Å². The maximum atomic E-state index is 10.9. The average molecular weight is 166 g/mol. The minimum Gasteiger partial charge on any atom is -0.355 e. The van der Waals surface area contributed by atoms with Crippen molar-refractivity contribution in [2.45, 2.75) is 26.2 Å². The number of nitriles is 1. The Bertz CT molecular complexity index is 203. The van der Waals surface area contributed by atoms with Crippen molar-refractivity contribution in [2.24, 2.45) is 11.8 Å². The number of nitrogens with zero attached hydrogens (tertiary/aromatic N) is 1. The number of carbonyl (C=O) groups excluding carboxylic acids is 1. The van der Waals surface area contributed by atoms with E-state index in [2.05, 4.69) is 12.2 Å². The third-order valence-electron chi connectivity index (χ3n) is 2.29. The zero-order valence-electron chi connectivity index (χ0n) is 7.34. The number of amides is 1. The van der Waals surface area contributed by atoms with Gasteiger partial charge in [-0.3, -0.25) is 4.79 Å². The fraction of sp³-hybridized carbons (Fsp3) is 0.778. The largest absolute Gasteiger partial charge is 0.355 e. The van der Waals surface area contributed by atoms with E-state index in [1.54, 1.807) is 0 Å². The molecule has 1 atom stereocenters. The summed E-state index contributed by atoms with van der Waals surface area (Å²) in [7, 11) is 0. The van der Waals surface area contributed by atoms with Crippen molar-refractivity contribution in [3.63, 3.8) is 0 Å². The molecule has 0 heterocycles. The van der Waals surface area contributed by atoms with Crippen molar-refractivity contribution < 1.29 is 4.79 Å². The summed E-state index contributed by atoms with van der Waals surface area (Å²) in [5.41, 5.74) is 0. The molecule has 0 spiro atoms. The molecule has 1 saturated carbocycles. The van der Waals surface area contributed by atoms with Gasteiger partial charge in [0.2, 0.25) is 5.91 Å². The number of carbonyl (C=O) groups is 1. The van der Waals surface area contributed by atoms with E-state index in [0.717, 1.165) is 12.5 Å². The van der Waals surface area contributed by atoms with Crippen molar-refractivity contribution in [3.8, 4) is 6.07 Å². The van der Waals surface area contributed by atoms with Gasteiger partial charge in [0.05, 0.1) is 6.07 Å². The molecule has 0 radical (unpaired) electrons. The number of nitrogens with one attached hydrogen (secondary N) is 1. The molecule has 66 valence electrons. The van der Waals surface area contributed by atoms with Gasteiger partial charge >= 0.3 is 0 Å². The minimum atomic E-state index is -0.148. The quantitative estimate of drug-likeness (QED) is 0.679. The molecule has 0 aromatic rings. The van der Waals surface area contributed by atoms with Crippen LogP contribution in [0.1, 0.15) is 26.2 Å². The second-order valence-electron chi connectivity index (χ2n) is 3.45. The van der Waals surface area contributed by atoms with Gasteiger partial charge in [-0.05, 0) is 24.7 Å². The Balaban J connectivity index is 2.08. The van der Waals surface area contributed by atoms with Gasteiger partial charge in [0.25, 0.3) is 0 Å². The first kappa shape index (κ1) is 9.05. The fourth-order valence-corrected chi connectivity index (χ4v) is 1.24. The Labute approximate surface area is 72.8 Å². The maximum absolute atomic E-state index is 10.9. The van der Waals surface area contributed by atoms with Crippen LogP contribution < -0.4 is 5.32 Å². The highest BCUT2D eigenvalue weighted by molar-refractivity contribution is 5.77. The third-order valence-corrected chi connectivity index (χ3v) is 2.29. The molecule has 1 aliphatic carbocycles. The molecule has 0 aromatic carbocycles. The van der Waals surface area contributed by atoms with E-state index in [1.165, 1.54) is 12.8 Å². The summed E-state index contributed by atoms with van der Waals surface area (Å²) in [5.74, 6) is 1.24. The molecule has 0 bridgehead atoms. The lowest BCUT2D eigenvalue weighted by molar-refractivity contribution is -0.120. The number of hydrogen-bond donors (Lipinski definition) is 1. The predicted octanol–water partition coefficient (Wildman–Crippen LogP) is 1.06. The zero-order chi connectivity index (χ0) is 8.97. The summed E-state index contributed by atoms with van der Waals surface area (Å²) < 4.78 is 0. The van der Waals surface area contributed by atoms with Crippen molar-refractivity contribution in [2.75, 3.05) is 6.54 Å². The van der Waals surface area contributed by atoms with Crippen LogP contribution in [0.15, 0.2) is 0 Å². The number of rotatable bonds is 4. The highest BCUT2D eigenvalue weighted by Crippen LogP contribution is 2.35. The zero-order valence-corrected chi connectivity index (χ0v) is 7.34. The fourth-order valence-electron chi connectivity index (χ4n) is 1.24. The lowest BCUT2D eigenvalue weighted by Crippen LogP contribution is -2.28. The third kappa shape index (κ3) is 2.91. The van der Waals surface area contributed by atoms with Crippen LogP contribution in [0, 0.1) is 23.2 Å². The van der Waals surface area contributed by atoms with E-state index in [-0.39, 0.29) is 12.3 Å². The van der Waals surface area contributed by atoms with E-state index in [0.29, 0.717) is 5.92 Å². The van der Waals surface area contributed by atoms with E-state index in [4.69, 9.17) is 5.26 Å². The normalized spacial score (nSPS) is 18.0.